The first-order valence-corrected chi connectivity index (χ1v) is 6.75. The highest BCUT2D eigenvalue weighted by Gasteiger charge is 2.14. The first-order valence-electron chi connectivity index (χ1n) is 5.38. The summed E-state index contributed by atoms with van der Waals surface area (Å²) >= 11 is 0. The minimum atomic E-state index is -1.36. The molecule has 0 saturated carbocycles. The van der Waals surface area contributed by atoms with Gasteiger partial charge in [-0.1, -0.05) is 39.5 Å². The Balaban J connectivity index is 0. The van der Waals surface area contributed by atoms with Crippen molar-refractivity contribution in [3.05, 3.63) is 0 Å². The first kappa shape index (κ1) is 17.0. The van der Waals surface area contributed by atoms with E-state index in [9.17, 15) is 4.57 Å². The fourth-order valence-corrected chi connectivity index (χ4v) is 2.08. The van der Waals surface area contributed by atoms with Crippen LogP contribution in [0, 0.1) is 0 Å². The standard InChI is InChI=1S/C10H22O2P.Al.3H/c1-3-5-7-8-9-12-13(11)10-6-4-2;;;;/h3-10H2,1-2H3;;;;/q+1;;;;. The summed E-state index contributed by atoms with van der Waals surface area (Å²) in [6.45, 7) is 4.96. The van der Waals surface area contributed by atoms with Gasteiger partial charge in [-0.25, -0.2) is 0 Å². The van der Waals surface area contributed by atoms with Crippen LogP contribution >= 0.6 is 8.03 Å². The molecule has 0 rings (SSSR count). The summed E-state index contributed by atoms with van der Waals surface area (Å²) in [6, 6.07) is 0. The van der Waals surface area contributed by atoms with Crippen molar-refractivity contribution in [2.45, 2.75) is 52.4 Å². The molecule has 0 aliphatic heterocycles. The van der Waals surface area contributed by atoms with Crippen LogP contribution in [0.3, 0.4) is 0 Å². The average molecular weight is 235 g/mol. The van der Waals surface area contributed by atoms with Gasteiger partial charge in [0.2, 0.25) is 0 Å². The van der Waals surface area contributed by atoms with E-state index >= 15 is 0 Å². The lowest BCUT2D eigenvalue weighted by molar-refractivity contribution is 0.316. The van der Waals surface area contributed by atoms with Gasteiger partial charge in [0, 0.05) is 0 Å². The van der Waals surface area contributed by atoms with Crippen molar-refractivity contribution in [3.8, 4) is 0 Å². The zero-order valence-electron chi connectivity index (χ0n) is 8.92. The quantitative estimate of drug-likeness (QED) is 0.349. The molecule has 1 atom stereocenters. The van der Waals surface area contributed by atoms with Crippen molar-refractivity contribution in [2.75, 3.05) is 12.8 Å². The van der Waals surface area contributed by atoms with Crippen LogP contribution in [0.1, 0.15) is 52.4 Å². The molecule has 14 heavy (non-hydrogen) atoms. The van der Waals surface area contributed by atoms with Gasteiger partial charge in [-0.15, -0.1) is 4.52 Å². The van der Waals surface area contributed by atoms with Gasteiger partial charge in [-0.2, -0.15) is 0 Å². The molecule has 0 aliphatic carbocycles. The molecule has 1 unspecified atom stereocenters. The lowest BCUT2D eigenvalue weighted by Gasteiger charge is -1.93. The summed E-state index contributed by atoms with van der Waals surface area (Å²) < 4.78 is 16.4. The Kier molecular flexibility index (Phi) is 16.5. The fraction of sp³-hybridized carbons (Fsp3) is 1.00. The van der Waals surface area contributed by atoms with E-state index in [0.717, 1.165) is 25.4 Å². The summed E-state index contributed by atoms with van der Waals surface area (Å²) in [4.78, 5) is 0. The van der Waals surface area contributed by atoms with Crippen molar-refractivity contribution in [2.24, 2.45) is 0 Å². The summed E-state index contributed by atoms with van der Waals surface area (Å²) in [7, 11) is -1.36. The zero-order valence-corrected chi connectivity index (χ0v) is 9.81. The third kappa shape index (κ3) is 12.6. The van der Waals surface area contributed by atoms with Crippen molar-refractivity contribution in [1.29, 1.82) is 0 Å². The van der Waals surface area contributed by atoms with Crippen molar-refractivity contribution in [1.82, 2.24) is 0 Å². The Hall–Kier alpha value is 0.592. The first-order chi connectivity index (χ1) is 6.31. The zero-order chi connectivity index (χ0) is 9.94. The molecule has 0 heterocycles. The van der Waals surface area contributed by atoms with Gasteiger partial charge in [-0.3, -0.25) is 0 Å². The SMILES string of the molecule is CCCCCCO[P+](=O)CCCC.[AlH3]. The van der Waals surface area contributed by atoms with E-state index in [-0.39, 0.29) is 17.4 Å². The Morgan fingerprint density at radius 3 is 2.21 bits per heavy atom. The van der Waals surface area contributed by atoms with Crippen LogP contribution in [0.5, 0.6) is 0 Å². The van der Waals surface area contributed by atoms with E-state index in [4.69, 9.17) is 4.52 Å². The second-order valence-electron chi connectivity index (χ2n) is 3.30. The Bertz CT molecular complexity index is 131. The molecule has 84 valence electrons. The van der Waals surface area contributed by atoms with Gasteiger partial charge >= 0.3 is 8.03 Å². The summed E-state index contributed by atoms with van der Waals surface area (Å²) in [5.74, 6) is 0. The van der Waals surface area contributed by atoms with Crippen LogP contribution < -0.4 is 0 Å². The summed E-state index contributed by atoms with van der Waals surface area (Å²) in [5.41, 5.74) is 0. The molecule has 4 heteroatoms. The van der Waals surface area contributed by atoms with Gasteiger partial charge < -0.3 is 0 Å². The average Bonchev–Trinajstić information content (AvgIpc) is 2.14. The molecule has 0 fully saturated rings. The molecule has 0 amide bonds. The molecular formula is C10H25AlO2P+. The molecule has 0 aromatic carbocycles. The maximum absolute atomic E-state index is 11.2. The monoisotopic (exact) mass is 235 g/mol. The normalized spacial score (nSPS) is 10.9. The summed E-state index contributed by atoms with van der Waals surface area (Å²) in [5, 5.41) is 0. The van der Waals surface area contributed by atoms with Crippen LogP contribution in [-0.2, 0) is 9.09 Å². The molecule has 0 bridgehead atoms. The van der Waals surface area contributed by atoms with Gasteiger partial charge in [0.25, 0.3) is 0 Å². The highest BCUT2D eigenvalue weighted by molar-refractivity contribution is 7.39. The van der Waals surface area contributed by atoms with Crippen molar-refractivity contribution < 1.29 is 9.09 Å². The van der Waals surface area contributed by atoms with E-state index < -0.39 is 8.03 Å². The van der Waals surface area contributed by atoms with E-state index in [1.54, 1.807) is 0 Å². The predicted molar refractivity (Wildman–Crippen MR) is 67.4 cm³/mol. The number of hydrogen-bond acceptors (Lipinski definition) is 2. The second-order valence-corrected chi connectivity index (χ2v) is 4.67. The molecule has 2 nitrogen and oxygen atoms in total. The maximum Gasteiger partial charge on any atom is 0.508 e. The van der Waals surface area contributed by atoms with Crippen LogP contribution in [0.4, 0.5) is 0 Å². The largest absolute Gasteiger partial charge is 0.508 e. The predicted octanol–water partition coefficient (Wildman–Crippen LogP) is 2.94. The molecule has 0 N–H and O–H groups in total. The smallest absolute Gasteiger partial charge is 0.146 e. The van der Waals surface area contributed by atoms with Crippen molar-refractivity contribution >= 4 is 25.4 Å². The highest BCUT2D eigenvalue weighted by Crippen LogP contribution is 2.23. The minimum Gasteiger partial charge on any atom is -0.146 e. The molecule has 0 aromatic rings. The Morgan fingerprint density at radius 1 is 1.00 bits per heavy atom. The lowest BCUT2D eigenvalue weighted by Crippen LogP contribution is -1.89. The van der Waals surface area contributed by atoms with Gasteiger partial charge in [0.05, 0.1) is 0 Å². The maximum atomic E-state index is 11.2. The van der Waals surface area contributed by atoms with Crippen LogP contribution in [-0.4, -0.2) is 30.1 Å². The fourth-order valence-electron chi connectivity index (χ4n) is 1.05. The molecule has 0 spiro atoms. The van der Waals surface area contributed by atoms with Crippen LogP contribution in [0.15, 0.2) is 0 Å². The molecular weight excluding hydrogens is 210 g/mol. The molecule has 0 saturated heterocycles. The van der Waals surface area contributed by atoms with Crippen LogP contribution in [0.25, 0.3) is 0 Å². The van der Waals surface area contributed by atoms with Gasteiger partial charge in [0.15, 0.2) is 23.5 Å². The van der Waals surface area contributed by atoms with Gasteiger partial charge in [0.1, 0.15) is 6.61 Å². The topological polar surface area (TPSA) is 26.3 Å². The summed E-state index contributed by atoms with van der Waals surface area (Å²) in [6.07, 6.45) is 7.61. The third-order valence-corrected chi connectivity index (χ3v) is 3.08. The Morgan fingerprint density at radius 2 is 1.64 bits per heavy atom. The van der Waals surface area contributed by atoms with Crippen molar-refractivity contribution in [3.63, 3.8) is 0 Å². The second kappa shape index (κ2) is 13.6. The van der Waals surface area contributed by atoms with E-state index in [1.807, 2.05) is 0 Å². The minimum absolute atomic E-state index is 0. The third-order valence-electron chi connectivity index (χ3n) is 1.93. The van der Waals surface area contributed by atoms with Crippen LogP contribution in [0.2, 0.25) is 0 Å². The molecule has 0 aliphatic rings. The lowest BCUT2D eigenvalue weighted by atomic mass is 10.2. The van der Waals surface area contributed by atoms with E-state index in [2.05, 4.69) is 13.8 Å². The molecule has 0 aromatic heterocycles. The van der Waals surface area contributed by atoms with Gasteiger partial charge in [-0.05, 0) is 17.4 Å². The van der Waals surface area contributed by atoms with E-state index in [1.165, 1.54) is 19.3 Å². The number of rotatable bonds is 9. The Labute approximate surface area is 99.8 Å². The van der Waals surface area contributed by atoms with E-state index in [0.29, 0.717) is 6.61 Å². The highest BCUT2D eigenvalue weighted by atomic mass is 31.1. The number of unbranched alkanes of at least 4 members (excludes halogenated alkanes) is 4. The molecule has 0 radical (unpaired) electrons. The number of hydrogen-bond donors (Lipinski definition) is 0.